The van der Waals surface area contributed by atoms with E-state index < -0.39 is 0 Å². The molecule has 0 bridgehead atoms. The maximum Gasteiger partial charge on any atom is 0.228 e. The van der Waals surface area contributed by atoms with Crippen LogP contribution >= 0.6 is 0 Å². The zero-order valence-corrected chi connectivity index (χ0v) is 23.6. The number of morpholine rings is 1. The minimum absolute atomic E-state index is 0.695. The molecule has 2 aliphatic heterocycles. The fourth-order valence-electron chi connectivity index (χ4n) is 5.29. The summed E-state index contributed by atoms with van der Waals surface area (Å²) in [5, 5.41) is 5.26. The Morgan fingerprint density at radius 2 is 1.62 bits per heavy atom. The van der Waals surface area contributed by atoms with Gasteiger partial charge in [-0.2, -0.15) is 4.98 Å². The van der Waals surface area contributed by atoms with Gasteiger partial charge in [0.05, 0.1) is 13.2 Å². The van der Waals surface area contributed by atoms with Gasteiger partial charge in [-0.3, -0.25) is 0 Å². The highest BCUT2D eigenvalue weighted by molar-refractivity contribution is 5.94. The number of benzene rings is 2. The second-order valence-electron chi connectivity index (χ2n) is 10.5. The first-order valence-electron chi connectivity index (χ1n) is 14.0. The standard InChI is InChI=1S/C28H33N7O.C2H7N/c1-20-10-12-35(13-11-20)28-31-25-24(27(32-28)34-14-16-36-17-15-34)29-19-30-26(25)33(2)18-22-8-5-7-21-6-3-4-9-23(21)22;1-3-2/h3-9,19-20H,10-18H2,1-2H3;3H,1-2H3. The Labute approximate surface area is 231 Å². The molecule has 0 spiro atoms. The molecule has 9 heteroatoms. The Kier molecular flexibility index (Phi) is 8.68. The minimum Gasteiger partial charge on any atom is -0.378 e. The summed E-state index contributed by atoms with van der Waals surface area (Å²) < 4.78 is 5.62. The molecule has 2 aliphatic rings. The second kappa shape index (κ2) is 12.5. The summed E-state index contributed by atoms with van der Waals surface area (Å²) in [7, 11) is 5.84. The third kappa shape index (κ3) is 6.04. The maximum absolute atomic E-state index is 5.62. The number of nitrogens with one attached hydrogen (secondary N) is 1. The summed E-state index contributed by atoms with van der Waals surface area (Å²) in [4.78, 5) is 26.4. The van der Waals surface area contributed by atoms with E-state index in [1.54, 1.807) is 6.33 Å². The van der Waals surface area contributed by atoms with E-state index >= 15 is 0 Å². The highest BCUT2D eigenvalue weighted by Gasteiger charge is 2.25. The number of ether oxygens (including phenoxy) is 1. The number of nitrogens with zero attached hydrogens (tertiary/aromatic N) is 7. The highest BCUT2D eigenvalue weighted by Crippen LogP contribution is 2.32. The van der Waals surface area contributed by atoms with Gasteiger partial charge < -0.3 is 24.8 Å². The van der Waals surface area contributed by atoms with E-state index in [9.17, 15) is 0 Å². The van der Waals surface area contributed by atoms with Crippen molar-refractivity contribution in [3.8, 4) is 0 Å². The van der Waals surface area contributed by atoms with Crippen molar-refractivity contribution in [3.63, 3.8) is 0 Å². The Morgan fingerprint density at radius 3 is 2.38 bits per heavy atom. The normalized spacial score (nSPS) is 16.3. The van der Waals surface area contributed by atoms with E-state index in [4.69, 9.17) is 24.7 Å². The molecule has 39 heavy (non-hydrogen) atoms. The summed E-state index contributed by atoms with van der Waals surface area (Å²) in [6.45, 7) is 7.99. The Balaban J connectivity index is 0.000000983. The topological polar surface area (TPSA) is 82.5 Å². The lowest BCUT2D eigenvalue weighted by atomic mass is 10.00. The molecule has 206 valence electrons. The van der Waals surface area contributed by atoms with Gasteiger partial charge in [-0.25, -0.2) is 15.0 Å². The molecular weight excluding hydrogens is 488 g/mol. The number of hydrogen-bond acceptors (Lipinski definition) is 9. The zero-order valence-electron chi connectivity index (χ0n) is 23.6. The number of hydrogen-bond donors (Lipinski definition) is 1. The van der Waals surface area contributed by atoms with Crippen LogP contribution in [0.25, 0.3) is 21.8 Å². The summed E-state index contributed by atoms with van der Waals surface area (Å²) in [5.41, 5.74) is 2.88. The van der Waals surface area contributed by atoms with Crippen LogP contribution in [0.5, 0.6) is 0 Å². The van der Waals surface area contributed by atoms with E-state index in [-0.39, 0.29) is 0 Å². The van der Waals surface area contributed by atoms with Crippen molar-refractivity contribution < 1.29 is 4.74 Å². The molecular formula is C30H40N8O. The van der Waals surface area contributed by atoms with Crippen molar-refractivity contribution in [2.24, 2.45) is 5.92 Å². The molecule has 6 rings (SSSR count). The molecule has 4 aromatic rings. The van der Waals surface area contributed by atoms with Gasteiger partial charge in [0, 0.05) is 39.8 Å². The molecule has 0 radical (unpaired) electrons. The number of anilines is 3. The van der Waals surface area contributed by atoms with Crippen molar-refractivity contribution in [3.05, 3.63) is 54.4 Å². The average Bonchev–Trinajstić information content (AvgIpc) is 2.98. The van der Waals surface area contributed by atoms with Crippen LogP contribution < -0.4 is 20.0 Å². The molecule has 0 aliphatic carbocycles. The van der Waals surface area contributed by atoms with Gasteiger partial charge in [-0.05, 0) is 49.2 Å². The number of fused-ring (bicyclic) bond motifs is 2. The molecule has 0 unspecified atom stereocenters. The summed E-state index contributed by atoms with van der Waals surface area (Å²) in [6.07, 6.45) is 3.97. The lowest BCUT2D eigenvalue weighted by Gasteiger charge is -2.33. The monoisotopic (exact) mass is 528 g/mol. The molecule has 2 aromatic heterocycles. The Hall–Kier alpha value is -3.56. The van der Waals surface area contributed by atoms with Crippen molar-refractivity contribution in [1.29, 1.82) is 0 Å². The number of piperidine rings is 1. The van der Waals surface area contributed by atoms with E-state index in [0.717, 1.165) is 80.1 Å². The van der Waals surface area contributed by atoms with Crippen molar-refractivity contribution in [2.75, 3.05) is 75.2 Å². The predicted molar refractivity (Wildman–Crippen MR) is 160 cm³/mol. The van der Waals surface area contributed by atoms with Crippen LogP contribution in [0.4, 0.5) is 17.6 Å². The average molecular weight is 529 g/mol. The van der Waals surface area contributed by atoms with E-state index in [1.165, 1.54) is 16.3 Å². The zero-order chi connectivity index (χ0) is 27.2. The molecule has 4 heterocycles. The summed E-state index contributed by atoms with van der Waals surface area (Å²) in [5.74, 6) is 3.24. The number of aromatic nitrogens is 4. The van der Waals surface area contributed by atoms with Crippen molar-refractivity contribution >= 4 is 39.4 Å². The Bertz CT molecular complexity index is 1380. The van der Waals surface area contributed by atoms with Crippen LogP contribution in [-0.4, -0.2) is 80.5 Å². The molecule has 9 nitrogen and oxygen atoms in total. The first-order chi connectivity index (χ1) is 19.1. The van der Waals surface area contributed by atoms with Gasteiger partial charge in [0.2, 0.25) is 5.95 Å². The van der Waals surface area contributed by atoms with E-state index in [0.29, 0.717) is 13.2 Å². The fourth-order valence-corrected chi connectivity index (χ4v) is 5.29. The smallest absolute Gasteiger partial charge is 0.228 e. The quantitative estimate of drug-likeness (QED) is 0.411. The minimum atomic E-state index is 0.695. The largest absolute Gasteiger partial charge is 0.378 e. The van der Waals surface area contributed by atoms with Gasteiger partial charge in [-0.1, -0.05) is 49.4 Å². The second-order valence-corrected chi connectivity index (χ2v) is 10.5. The van der Waals surface area contributed by atoms with Crippen LogP contribution in [0, 0.1) is 5.92 Å². The molecule has 2 aromatic carbocycles. The van der Waals surface area contributed by atoms with Gasteiger partial charge in [0.1, 0.15) is 17.4 Å². The number of rotatable bonds is 5. The maximum atomic E-state index is 5.62. The van der Waals surface area contributed by atoms with Crippen LogP contribution in [0.15, 0.2) is 48.8 Å². The van der Waals surface area contributed by atoms with Gasteiger partial charge in [0.15, 0.2) is 11.6 Å². The lowest BCUT2D eigenvalue weighted by molar-refractivity contribution is 0.122. The first kappa shape index (κ1) is 27.0. The third-order valence-electron chi connectivity index (χ3n) is 7.46. The van der Waals surface area contributed by atoms with E-state index in [2.05, 4.69) is 76.5 Å². The SMILES string of the molecule is CC1CCN(c2nc(N3CCOCC3)c3ncnc(N(C)Cc4cccc5ccccc45)c3n2)CC1.CNC. The summed E-state index contributed by atoms with van der Waals surface area (Å²) >= 11 is 0. The highest BCUT2D eigenvalue weighted by atomic mass is 16.5. The van der Waals surface area contributed by atoms with Crippen molar-refractivity contribution in [1.82, 2.24) is 25.3 Å². The summed E-state index contributed by atoms with van der Waals surface area (Å²) in [6, 6.07) is 15.0. The molecule has 0 saturated carbocycles. The fraction of sp³-hybridized carbons (Fsp3) is 0.467. The third-order valence-corrected chi connectivity index (χ3v) is 7.46. The van der Waals surface area contributed by atoms with E-state index in [1.807, 2.05) is 14.1 Å². The van der Waals surface area contributed by atoms with Crippen LogP contribution in [-0.2, 0) is 11.3 Å². The van der Waals surface area contributed by atoms with Gasteiger partial charge in [0.25, 0.3) is 0 Å². The van der Waals surface area contributed by atoms with Crippen LogP contribution in [0.1, 0.15) is 25.3 Å². The Morgan fingerprint density at radius 1 is 0.897 bits per heavy atom. The molecule has 1 N–H and O–H groups in total. The molecule has 0 atom stereocenters. The first-order valence-corrected chi connectivity index (χ1v) is 14.0. The van der Waals surface area contributed by atoms with Gasteiger partial charge >= 0.3 is 0 Å². The van der Waals surface area contributed by atoms with Crippen LogP contribution in [0.2, 0.25) is 0 Å². The molecule has 2 saturated heterocycles. The van der Waals surface area contributed by atoms with Crippen molar-refractivity contribution in [2.45, 2.75) is 26.3 Å². The molecule has 2 fully saturated rings. The lowest BCUT2D eigenvalue weighted by Crippen LogP contribution is -2.38. The van der Waals surface area contributed by atoms with Gasteiger partial charge in [-0.15, -0.1) is 0 Å². The molecule has 0 amide bonds. The van der Waals surface area contributed by atoms with Crippen LogP contribution in [0.3, 0.4) is 0 Å². The predicted octanol–water partition coefficient (Wildman–Crippen LogP) is 4.12.